The van der Waals surface area contributed by atoms with Crippen LogP contribution in [-0.4, -0.2) is 12.3 Å². The third kappa shape index (κ3) is 2.10. The minimum atomic E-state index is -0.384. The molecule has 1 fully saturated rings. The predicted molar refractivity (Wildman–Crippen MR) is 53.0 cm³/mol. The Labute approximate surface area is 79.9 Å². The maximum absolute atomic E-state index is 11.6. The SMILES string of the molecule is C#CC(=O)C1(CN)CCCCCC1. The molecule has 2 heteroatoms. The summed E-state index contributed by atoms with van der Waals surface area (Å²) in [5.41, 5.74) is 5.28. The van der Waals surface area contributed by atoms with Crippen molar-refractivity contribution >= 4 is 5.78 Å². The second-order valence-electron chi connectivity index (χ2n) is 3.87. The van der Waals surface area contributed by atoms with Crippen LogP contribution >= 0.6 is 0 Å². The van der Waals surface area contributed by atoms with Gasteiger partial charge in [-0.15, -0.1) is 6.42 Å². The smallest absolute Gasteiger partial charge is 0.212 e. The molecule has 0 unspecified atom stereocenters. The fourth-order valence-electron chi connectivity index (χ4n) is 2.08. The molecule has 0 spiro atoms. The zero-order chi connectivity index (χ0) is 9.73. The number of nitrogens with two attached hydrogens (primary N) is 1. The highest BCUT2D eigenvalue weighted by molar-refractivity contribution is 5.99. The van der Waals surface area contributed by atoms with Crippen LogP contribution in [0.5, 0.6) is 0 Å². The largest absolute Gasteiger partial charge is 0.329 e. The monoisotopic (exact) mass is 179 g/mol. The molecule has 1 aliphatic rings. The molecule has 0 aromatic heterocycles. The van der Waals surface area contributed by atoms with Gasteiger partial charge >= 0.3 is 0 Å². The number of ketones is 1. The molecule has 0 atom stereocenters. The summed E-state index contributed by atoms with van der Waals surface area (Å²) in [4.78, 5) is 11.6. The van der Waals surface area contributed by atoms with Gasteiger partial charge in [0.05, 0.1) is 5.41 Å². The Hall–Kier alpha value is -0.810. The Morgan fingerprint density at radius 2 is 1.85 bits per heavy atom. The normalized spacial score (nSPS) is 21.5. The van der Waals surface area contributed by atoms with Crippen LogP contribution in [0.1, 0.15) is 38.5 Å². The van der Waals surface area contributed by atoms with Crippen molar-refractivity contribution in [3.63, 3.8) is 0 Å². The maximum Gasteiger partial charge on any atom is 0.212 e. The predicted octanol–water partition coefficient (Wildman–Crippen LogP) is 1.49. The van der Waals surface area contributed by atoms with E-state index in [0.717, 1.165) is 25.7 Å². The first-order chi connectivity index (χ1) is 6.25. The zero-order valence-corrected chi connectivity index (χ0v) is 8.01. The molecule has 0 saturated heterocycles. The minimum Gasteiger partial charge on any atom is -0.329 e. The molecule has 0 aromatic carbocycles. The Balaban J connectivity index is 2.77. The number of terminal acetylenes is 1. The van der Waals surface area contributed by atoms with Gasteiger partial charge in [0, 0.05) is 6.54 Å². The van der Waals surface area contributed by atoms with Gasteiger partial charge in [-0.25, -0.2) is 0 Å². The Bertz CT molecular complexity index is 219. The van der Waals surface area contributed by atoms with Crippen molar-refractivity contribution in [1.82, 2.24) is 0 Å². The van der Waals surface area contributed by atoms with Crippen LogP contribution in [0.3, 0.4) is 0 Å². The van der Waals surface area contributed by atoms with Gasteiger partial charge in [0.2, 0.25) is 5.78 Å². The summed E-state index contributed by atoms with van der Waals surface area (Å²) in [5.74, 6) is 2.15. The number of rotatable bonds is 2. The third-order valence-corrected chi connectivity index (χ3v) is 3.06. The average molecular weight is 179 g/mol. The quantitative estimate of drug-likeness (QED) is 0.396. The molecule has 0 heterocycles. The van der Waals surface area contributed by atoms with Gasteiger partial charge in [-0.05, 0) is 18.8 Å². The molecule has 13 heavy (non-hydrogen) atoms. The van der Waals surface area contributed by atoms with Crippen LogP contribution in [0.25, 0.3) is 0 Å². The fraction of sp³-hybridized carbons (Fsp3) is 0.727. The van der Waals surface area contributed by atoms with Crippen LogP contribution in [0.2, 0.25) is 0 Å². The van der Waals surface area contributed by atoms with E-state index in [4.69, 9.17) is 12.2 Å². The second kappa shape index (κ2) is 4.43. The minimum absolute atomic E-state index is 0.0862. The summed E-state index contributed by atoms with van der Waals surface area (Å²) in [6, 6.07) is 0. The molecule has 2 nitrogen and oxygen atoms in total. The molecule has 0 aliphatic heterocycles. The van der Waals surface area contributed by atoms with Crippen molar-refractivity contribution in [2.75, 3.05) is 6.54 Å². The number of Topliss-reactive ketones (excluding diaryl/α,β-unsaturated/α-hetero) is 1. The highest BCUT2D eigenvalue weighted by Gasteiger charge is 2.35. The first-order valence-electron chi connectivity index (χ1n) is 4.96. The van der Waals surface area contributed by atoms with Crippen molar-refractivity contribution in [3.05, 3.63) is 0 Å². The van der Waals surface area contributed by atoms with E-state index in [0.29, 0.717) is 6.54 Å². The molecule has 1 saturated carbocycles. The number of carbonyl (C=O) groups is 1. The molecule has 2 N–H and O–H groups in total. The highest BCUT2D eigenvalue weighted by Crippen LogP contribution is 2.34. The Kier molecular flexibility index (Phi) is 3.50. The molecule has 0 radical (unpaired) electrons. The van der Waals surface area contributed by atoms with Crippen LogP contribution in [0.15, 0.2) is 0 Å². The lowest BCUT2D eigenvalue weighted by Gasteiger charge is -2.26. The summed E-state index contributed by atoms with van der Waals surface area (Å²) < 4.78 is 0. The van der Waals surface area contributed by atoms with E-state index in [9.17, 15) is 4.79 Å². The van der Waals surface area contributed by atoms with Crippen LogP contribution in [-0.2, 0) is 4.79 Å². The van der Waals surface area contributed by atoms with E-state index in [2.05, 4.69) is 5.92 Å². The standard InChI is InChI=1S/C11H17NO/c1-2-10(13)11(9-12)7-5-3-4-6-8-11/h1H,3-9,12H2. The molecule has 1 aliphatic carbocycles. The van der Waals surface area contributed by atoms with Crippen molar-refractivity contribution < 1.29 is 4.79 Å². The van der Waals surface area contributed by atoms with Gasteiger partial charge < -0.3 is 5.73 Å². The van der Waals surface area contributed by atoms with Crippen LogP contribution < -0.4 is 5.73 Å². The first kappa shape index (κ1) is 10.3. The molecular formula is C11H17NO. The molecule has 0 bridgehead atoms. The summed E-state index contributed by atoms with van der Waals surface area (Å²) in [5, 5.41) is 0. The molecule has 72 valence electrons. The topological polar surface area (TPSA) is 43.1 Å². The summed E-state index contributed by atoms with van der Waals surface area (Å²) >= 11 is 0. The number of hydrogen-bond acceptors (Lipinski definition) is 2. The van der Waals surface area contributed by atoms with Crippen LogP contribution in [0, 0.1) is 17.8 Å². The van der Waals surface area contributed by atoms with Gasteiger partial charge in [-0.3, -0.25) is 4.79 Å². The van der Waals surface area contributed by atoms with E-state index in [1.54, 1.807) is 0 Å². The summed E-state index contributed by atoms with van der Waals surface area (Å²) in [6.45, 7) is 0.413. The lowest BCUT2D eigenvalue weighted by atomic mass is 9.77. The lowest BCUT2D eigenvalue weighted by Crippen LogP contribution is -2.37. The van der Waals surface area contributed by atoms with Gasteiger partial charge in [-0.1, -0.05) is 25.7 Å². The van der Waals surface area contributed by atoms with Crippen molar-refractivity contribution in [3.8, 4) is 12.3 Å². The van der Waals surface area contributed by atoms with Gasteiger partial charge in [0.25, 0.3) is 0 Å². The van der Waals surface area contributed by atoms with E-state index >= 15 is 0 Å². The van der Waals surface area contributed by atoms with Crippen molar-refractivity contribution in [1.29, 1.82) is 0 Å². The van der Waals surface area contributed by atoms with Gasteiger partial charge in [0.1, 0.15) is 0 Å². The third-order valence-electron chi connectivity index (χ3n) is 3.06. The number of hydrogen-bond donors (Lipinski definition) is 1. The van der Waals surface area contributed by atoms with E-state index in [-0.39, 0.29) is 11.2 Å². The number of carbonyl (C=O) groups excluding carboxylic acids is 1. The van der Waals surface area contributed by atoms with Crippen molar-refractivity contribution in [2.45, 2.75) is 38.5 Å². The second-order valence-corrected chi connectivity index (χ2v) is 3.87. The fourth-order valence-corrected chi connectivity index (χ4v) is 2.08. The van der Waals surface area contributed by atoms with E-state index in [1.165, 1.54) is 12.8 Å². The zero-order valence-electron chi connectivity index (χ0n) is 8.01. The van der Waals surface area contributed by atoms with Gasteiger partial charge in [0.15, 0.2) is 0 Å². The Morgan fingerprint density at radius 1 is 1.31 bits per heavy atom. The van der Waals surface area contributed by atoms with E-state index in [1.807, 2.05) is 0 Å². The van der Waals surface area contributed by atoms with Crippen LogP contribution in [0.4, 0.5) is 0 Å². The molecular weight excluding hydrogens is 162 g/mol. The summed E-state index contributed by atoms with van der Waals surface area (Å²) in [7, 11) is 0. The average Bonchev–Trinajstić information content (AvgIpc) is 2.42. The summed E-state index contributed by atoms with van der Waals surface area (Å²) in [6.07, 6.45) is 11.5. The maximum atomic E-state index is 11.6. The molecule has 1 rings (SSSR count). The Morgan fingerprint density at radius 3 is 2.23 bits per heavy atom. The molecule has 0 aromatic rings. The lowest BCUT2D eigenvalue weighted by molar-refractivity contribution is -0.123. The first-order valence-corrected chi connectivity index (χ1v) is 4.96. The van der Waals surface area contributed by atoms with Gasteiger partial charge in [-0.2, -0.15) is 0 Å². The highest BCUT2D eigenvalue weighted by atomic mass is 16.1. The van der Waals surface area contributed by atoms with Crippen molar-refractivity contribution in [2.24, 2.45) is 11.1 Å². The van der Waals surface area contributed by atoms with E-state index < -0.39 is 0 Å². The molecule has 0 amide bonds.